The molecule has 7 nitrogen and oxygen atoms in total. The summed E-state index contributed by atoms with van der Waals surface area (Å²) in [7, 11) is 2.06. The molecule has 0 unspecified atom stereocenters. The second kappa shape index (κ2) is 6.97. The number of amides is 2. The monoisotopic (exact) mass is 389 g/mol. The molecule has 1 aromatic carbocycles. The highest BCUT2D eigenvalue weighted by molar-refractivity contribution is 6.39. The molecule has 4 rings (SSSR count). The fourth-order valence-corrected chi connectivity index (χ4v) is 4.14. The highest BCUT2D eigenvalue weighted by atomic mass is 19.1. The Hall–Kier alpha value is -2.81. The van der Waals surface area contributed by atoms with E-state index in [0.29, 0.717) is 30.6 Å². The lowest BCUT2D eigenvalue weighted by Crippen LogP contribution is -2.40. The van der Waals surface area contributed by atoms with Gasteiger partial charge in [0.25, 0.3) is 0 Å². The van der Waals surface area contributed by atoms with E-state index in [2.05, 4.69) is 22.4 Å². The molecular formula is C19H21F2N5O2. The first kappa shape index (κ1) is 18.5. The average molecular weight is 389 g/mol. The molecule has 2 fully saturated rings. The SMILES string of the molecule is Cc1cc(NC(=O)C(=O)N2C[C@H]3CN(C)C[C@H]3C2)nn1-c1ccc(F)cc1F. The molecule has 2 atom stereocenters. The Morgan fingerprint density at radius 1 is 1.11 bits per heavy atom. The maximum atomic E-state index is 14.0. The Labute approximate surface area is 160 Å². The smallest absolute Gasteiger partial charge is 0.315 e. The summed E-state index contributed by atoms with van der Waals surface area (Å²) in [5.74, 6) is -1.86. The number of benzene rings is 1. The van der Waals surface area contributed by atoms with Gasteiger partial charge in [-0.2, -0.15) is 0 Å². The highest BCUT2D eigenvalue weighted by Crippen LogP contribution is 2.30. The van der Waals surface area contributed by atoms with Crippen LogP contribution in [-0.4, -0.2) is 64.6 Å². The number of hydrogen-bond acceptors (Lipinski definition) is 4. The van der Waals surface area contributed by atoms with Gasteiger partial charge in [0.2, 0.25) is 0 Å². The van der Waals surface area contributed by atoms with Gasteiger partial charge < -0.3 is 15.1 Å². The Balaban J connectivity index is 1.45. The molecule has 0 spiro atoms. The second-order valence-electron chi connectivity index (χ2n) is 7.58. The molecule has 0 saturated carbocycles. The number of carbonyl (C=O) groups is 2. The Kier molecular flexibility index (Phi) is 4.62. The Morgan fingerprint density at radius 2 is 1.79 bits per heavy atom. The number of nitrogens with one attached hydrogen (secondary N) is 1. The molecule has 148 valence electrons. The molecular weight excluding hydrogens is 368 g/mol. The van der Waals surface area contributed by atoms with Crippen LogP contribution in [0.3, 0.4) is 0 Å². The number of halogens is 2. The lowest BCUT2D eigenvalue weighted by atomic mass is 10.0. The van der Waals surface area contributed by atoms with Gasteiger partial charge >= 0.3 is 11.8 Å². The zero-order valence-corrected chi connectivity index (χ0v) is 15.7. The number of aromatic nitrogens is 2. The summed E-state index contributed by atoms with van der Waals surface area (Å²) >= 11 is 0. The number of hydrogen-bond donors (Lipinski definition) is 1. The van der Waals surface area contributed by atoms with Crippen molar-refractivity contribution >= 4 is 17.6 Å². The van der Waals surface area contributed by atoms with Crippen molar-refractivity contribution in [1.29, 1.82) is 0 Å². The molecule has 2 saturated heterocycles. The molecule has 3 heterocycles. The van der Waals surface area contributed by atoms with E-state index in [0.717, 1.165) is 25.2 Å². The van der Waals surface area contributed by atoms with Crippen molar-refractivity contribution in [3.63, 3.8) is 0 Å². The number of rotatable bonds is 2. The van der Waals surface area contributed by atoms with Gasteiger partial charge in [-0.15, -0.1) is 5.10 Å². The molecule has 0 radical (unpaired) electrons. The van der Waals surface area contributed by atoms with E-state index >= 15 is 0 Å². The van der Waals surface area contributed by atoms with Crippen LogP contribution in [0.1, 0.15) is 5.69 Å². The maximum absolute atomic E-state index is 14.0. The van der Waals surface area contributed by atoms with Crippen molar-refractivity contribution in [3.8, 4) is 5.69 Å². The number of likely N-dealkylation sites (tertiary alicyclic amines) is 2. The number of fused-ring (bicyclic) bond motifs is 1. The fraction of sp³-hybridized carbons (Fsp3) is 0.421. The van der Waals surface area contributed by atoms with Crippen molar-refractivity contribution in [2.75, 3.05) is 38.5 Å². The van der Waals surface area contributed by atoms with Crippen LogP contribution in [0, 0.1) is 30.4 Å². The Morgan fingerprint density at radius 3 is 2.43 bits per heavy atom. The molecule has 0 bridgehead atoms. The molecule has 28 heavy (non-hydrogen) atoms. The molecule has 2 aliphatic heterocycles. The quantitative estimate of drug-likeness (QED) is 0.789. The first-order valence-electron chi connectivity index (χ1n) is 9.12. The second-order valence-corrected chi connectivity index (χ2v) is 7.58. The largest absolute Gasteiger partial charge is 0.334 e. The van der Waals surface area contributed by atoms with Gasteiger partial charge in [-0.3, -0.25) is 9.59 Å². The first-order chi connectivity index (χ1) is 13.3. The molecule has 9 heteroatoms. The molecule has 0 aliphatic carbocycles. The predicted molar refractivity (Wildman–Crippen MR) is 97.9 cm³/mol. The number of carbonyl (C=O) groups excluding carboxylic acids is 2. The normalized spacial score (nSPS) is 21.8. The van der Waals surface area contributed by atoms with E-state index in [-0.39, 0.29) is 11.5 Å². The zero-order valence-electron chi connectivity index (χ0n) is 15.7. The van der Waals surface area contributed by atoms with Crippen LogP contribution < -0.4 is 5.32 Å². The van der Waals surface area contributed by atoms with Crippen LogP contribution in [0.5, 0.6) is 0 Å². The van der Waals surface area contributed by atoms with Crippen LogP contribution in [0.25, 0.3) is 5.69 Å². The van der Waals surface area contributed by atoms with Gasteiger partial charge in [-0.1, -0.05) is 0 Å². The number of nitrogens with zero attached hydrogens (tertiary/aromatic N) is 4. The Bertz CT molecular complexity index is 930. The zero-order chi connectivity index (χ0) is 20.0. The minimum Gasteiger partial charge on any atom is -0.334 e. The van der Waals surface area contributed by atoms with Crippen LogP contribution in [0.2, 0.25) is 0 Å². The molecule has 2 aromatic rings. The van der Waals surface area contributed by atoms with Gasteiger partial charge in [0.05, 0.1) is 0 Å². The van der Waals surface area contributed by atoms with Crippen LogP contribution >= 0.6 is 0 Å². The summed E-state index contributed by atoms with van der Waals surface area (Å²) in [6, 6.07) is 4.69. The third-order valence-electron chi connectivity index (χ3n) is 5.42. The van der Waals surface area contributed by atoms with Gasteiger partial charge in [0.1, 0.15) is 11.5 Å². The topological polar surface area (TPSA) is 70.5 Å². The summed E-state index contributed by atoms with van der Waals surface area (Å²) in [6.07, 6.45) is 0. The summed E-state index contributed by atoms with van der Waals surface area (Å²) in [6.45, 7) is 4.70. The van der Waals surface area contributed by atoms with Crippen LogP contribution in [0.15, 0.2) is 24.3 Å². The number of aryl methyl sites for hydroxylation is 1. The van der Waals surface area contributed by atoms with Gasteiger partial charge in [-0.25, -0.2) is 13.5 Å². The summed E-state index contributed by atoms with van der Waals surface area (Å²) in [5, 5.41) is 6.62. The highest BCUT2D eigenvalue weighted by Gasteiger charge is 2.41. The lowest BCUT2D eigenvalue weighted by Gasteiger charge is -2.18. The number of anilines is 1. The van der Waals surface area contributed by atoms with Crippen molar-refractivity contribution in [3.05, 3.63) is 41.6 Å². The minimum absolute atomic E-state index is 0.0576. The van der Waals surface area contributed by atoms with E-state index in [9.17, 15) is 18.4 Å². The third kappa shape index (κ3) is 3.37. The van der Waals surface area contributed by atoms with Crippen molar-refractivity contribution in [1.82, 2.24) is 19.6 Å². The van der Waals surface area contributed by atoms with Crippen LogP contribution in [0.4, 0.5) is 14.6 Å². The average Bonchev–Trinajstić information content (AvgIpc) is 3.27. The summed E-state index contributed by atoms with van der Waals surface area (Å²) in [4.78, 5) is 28.7. The third-order valence-corrected chi connectivity index (χ3v) is 5.42. The van der Waals surface area contributed by atoms with Crippen molar-refractivity contribution < 1.29 is 18.4 Å². The molecule has 1 aromatic heterocycles. The molecule has 1 N–H and O–H groups in total. The minimum atomic E-state index is -0.770. The van der Waals surface area contributed by atoms with E-state index in [1.807, 2.05) is 0 Å². The predicted octanol–water partition coefficient (Wildman–Crippen LogP) is 1.42. The van der Waals surface area contributed by atoms with E-state index in [1.54, 1.807) is 11.8 Å². The van der Waals surface area contributed by atoms with Crippen LogP contribution in [-0.2, 0) is 9.59 Å². The van der Waals surface area contributed by atoms with E-state index < -0.39 is 23.4 Å². The van der Waals surface area contributed by atoms with E-state index in [4.69, 9.17) is 0 Å². The fourth-order valence-electron chi connectivity index (χ4n) is 4.14. The van der Waals surface area contributed by atoms with Crippen molar-refractivity contribution in [2.24, 2.45) is 11.8 Å². The molecule has 2 aliphatic rings. The first-order valence-corrected chi connectivity index (χ1v) is 9.12. The van der Waals surface area contributed by atoms with Crippen molar-refractivity contribution in [2.45, 2.75) is 6.92 Å². The van der Waals surface area contributed by atoms with E-state index in [1.165, 1.54) is 16.8 Å². The summed E-state index contributed by atoms with van der Waals surface area (Å²) < 4.78 is 28.4. The summed E-state index contributed by atoms with van der Waals surface area (Å²) in [5.41, 5.74) is 0.592. The molecule has 2 amide bonds. The maximum Gasteiger partial charge on any atom is 0.315 e. The lowest BCUT2D eigenvalue weighted by molar-refractivity contribution is -0.142. The van der Waals surface area contributed by atoms with Gasteiger partial charge in [-0.05, 0) is 37.9 Å². The standard InChI is InChI=1S/C19H21F2N5O2/c1-11-5-17(23-26(11)16-4-3-14(20)6-15(16)21)22-18(27)19(28)25-9-12-7-24(2)8-13(12)10-25/h3-6,12-13H,7-10H2,1-2H3,(H,22,23,27)/t12-,13+. The van der Waals surface area contributed by atoms with Gasteiger partial charge in [0, 0.05) is 44.0 Å². The van der Waals surface area contributed by atoms with Gasteiger partial charge in [0.15, 0.2) is 11.6 Å².